The number of carbonyl (C=O) groups is 1. The third-order valence-electron chi connectivity index (χ3n) is 1.77. The van der Waals surface area contributed by atoms with Crippen LogP contribution >= 0.6 is 0 Å². The van der Waals surface area contributed by atoms with Crippen LogP contribution in [0.3, 0.4) is 0 Å². The standard InChI is InChI=1S/C8H8N2O5S/c9-8(11)6-1-3-7(4-2-6)16(14,15)5-10(12)13/h1-4H,5H2,(H2,9,11). The van der Waals surface area contributed by atoms with Crippen molar-refractivity contribution in [1.82, 2.24) is 0 Å². The van der Waals surface area contributed by atoms with Crippen LogP contribution in [0, 0.1) is 10.1 Å². The number of rotatable bonds is 4. The highest BCUT2D eigenvalue weighted by Gasteiger charge is 2.20. The van der Waals surface area contributed by atoms with Gasteiger partial charge in [0.15, 0.2) is 0 Å². The van der Waals surface area contributed by atoms with Gasteiger partial charge in [-0.25, -0.2) is 8.42 Å². The molecular formula is C8H8N2O5S. The Labute approximate surface area is 90.9 Å². The number of sulfone groups is 1. The molecular weight excluding hydrogens is 236 g/mol. The van der Waals surface area contributed by atoms with Crippen LogP contribution in [-0.2, 0) is 9.84 Å². The van der Waals surface area contributed by atoms with Gasteiger partial charge in [-0.05, 0) is 24.3 Å². The van der Waals surface area contributed by atoms with Crippen LogP contribution in [0.15, 0.2) is 29.2 Å². The van der Waals surface area contributed by atoms with Crippen LogP contribution in [0.25, 0.3) is 0 Å². The summed E-state index contributed by atoms with van der Waals surface area (Å²) in [5.74, 6) is -1.87. The minimum Gasteiger partial charge on any atom is -0.366 e. The summed E-state index contributed by atoms with van der Waals surface area (Å²) in [5.41, 5.74) is 5.10. The molecule has 2 N–H and O–H groups in total. The maximum Gasteiger partial charge on any atom is 0.305 e. The molecule has 1 aromatic carbocycles. The number of hydrogen-bond acceptors (Lipinski definition) is 5. The lowest BCUT2D eigenvalue weighted by molar-refractivity contribution is -0.458. The molecule has 16 heavy (non-hydrogen) atoms. The normalized spacial score (nSPS) is 11.0. The van der Waals surface area contributed by atoms with Gasteiger partial charge in [0.1, 0.15) is 0 Å². The minimum absolute atomic E-state index is 0.139. The average molecular weight is 244 g/mol. The molecule has 0 saturated heterocycles. The fourth-order valence-electron chi connectivity index (χ4n) is 1.04. The summed E-state index contributed by atoms with van der Waals surface area (Å²) < 4.78 is 22.7. The number of nitrogens with zero attached hydrogens (tertiary/aromatic N) is 1. The lowest BCUT2D eigenvalue weighted by atomic mass is 10.2. The van der Waals surface area contributed by atoms with Gasteiger partial charge in [0, 0.05) is 10.5 Å². The van der Waals surface area contributed by atoms with Crippen molar-refractivity contribution in [3.8, 4) is 0 Å². The average Bonchev–Trinajstić information content (AvgIpc) is 2.16. The third-order valence-corrected chi connectivity index (χ3v) is 3.31. The molecule has 0 aliphatic heterocycles. The molecule has 0 unspecified atom stereocenters. The van der Waals surface area contributed by atoms with E-state index >= 15 is 0 Å². The maximum atomic E-state index is 11.4. The Morgan fingerprint density at radius 1 is 1.31 bits per heavy atom. The van der Waals surface area contributed by atoms with E-state index in [0.717, 1.165) is 12.1 Å². The summed E-state index contributed by atoms with van der Waals surface area (Å²) >= 11 is 0. The van der Waals surface area contributed by atoms with Gasteiger partial charge in [0.25, 0.3) is 0 Å². The van der Waals surface area contributed by atoms with Crippen LogP contribution in [0.2, 0.25) is 0 Å². The monoisotopic (exact) mass is 244 g/mol. The summed E-state index contributed by atoms with van der Waals surface area (Å²) in [6, 6.07) is 4.63. The first-order valence-corrected chi connectivity index (χ1v) is 5.72. The first kappa shape index (κ1) is 12.1. The molecule has 1 amide bonds. The van der Waals surface area contributed by atoms with E-state index in [9.17, 15) is 23.3 Å². The Hall–Kier alpha value is -1.96. The topological polar surface area (TPSA) is 120 Å². The second-order valence-corrected chi connectivity index (χ2v) is 4.92. The number of hydrogen-bond donors (Lipinski definition) is 1. The molecule has 0 bridgehead atoms. The molecule has 0 saturated carbocycles. The summed E-state index contributed by atoms with van der Waals surface area (Å²) in [6.07, 6.45) is 0. The van der Waals surface area contributed by atoms with Gasteiger partial charge in [-0.3, -0.25) is 14.9 Å². The Bertz CT molecular complexity index is 520. The zero-order chi connectivity index (χ0) is 12.3. The molecule has 0 aliphatic carbocycles. The van der Waals surface area contributed by atoms with Gasteiger partial charge < -0.3 is 5.73 Å². The van der Waals surface area contributed by atoms with Gasteiger partial charge >= 0.3 is 5.88 Å². The van der Waals surface area contributed by atoms with Crippen molar-refractivity contribution in [2.75, 3.05) is 5.88 Å². The van der Waals surface area contributed by atoms with Gasteiger partial charge in [0.05, 0.1) is 4.90 Å². The van der Waals surface area contributed by atoms with E-state index in [2.05, 4.69) is 0 Å². The predicted octanol–water partition coefficient (Wildman–Crippen LogP) is -0.207. The van der Waals surface area contributed by atoms with Crippen LogP contribution in [0.1, 0.15) is 10.4 Å². The highest BCUT2D eigenvalue weighted by atomic mass is 32.2. The van der Waals surface area contributed by atoms with Gasteiger partial charge in [-0.15, -0.1) is 0 Å². The predicted molar refractivity (Wildman–Crippen MR) is 54.0 cm³/mol. The highest BCUT2D eigenvalue weighted by molar-refractivity contribution is 7.91. The number of benzene rings is 1. The zero-order valence-corrected chi connectivity index (χ0v) is 8.81. The molecule has 0 fully saturated rings. The molecule has 7 nitrogen and oxygen atoms in total. The van der Waals surface area contributed by atoms with E-state index in [0.29, 0.717) is 0 Å². The molecule has 0 heterocycles. The van der Waals surface area contributed by atoms with Gasteiger partial charge in [-0.2, -0.15) is 0 Å². The van der Waals surface area contributed by atoms with E-state index in [1.54, 1.807) is 0 Å². The summed E-state index contributed by atoms with van der Waals surface area (Å²) in [4.78, 5) is 19.7. The Morgan fingerprint density at radius 2 is 1.81 bits per heavy atom. The van der Waals surface area contributed by atoms with Gasteiger partial charge in [-0.1, -0.05) is 0 Å². The Balaban J connectivity index is 3.07. The van der Waals surface area contributed by atoms with E-state index in [1.807, 2.05) is 0 Å². The Morgan fingerprint density at radius 3 is 2.19 bits per heavy atom. The number of nitro groups is 1. The van der Waals surface area contributed by atoms with Crippen molar-refractivity contribution in [1.29, 1.82) is 0 Å². The van der Waals surface area contributed by atoms with Gasteiger partial charge in [0.2, 0.25) is 15.7 Å². The van der Waals surface area contributed by atoms with Crippen molar-refractivity contribution in [3.63, 3.8) is 0 Å². The van der Waals surface area contributed by atoms with Crippen LogP contribution in [-0.4, -0.2) is 25.1 Å². The second kappa shape index (κ2) is 4.27. The molecule has 0 atom stereocenters. The summed E-state index contributed by atoms with van der Waals surface area (Å²) in [5, 5.41) is 10.1. The molecule has 1 aromatic rings. The molecule has 86 valence electrons. The molecule has 0 spiro atoms. The fourth-order valence-corrected chi connectivity index (χ4v) is 2.02. The second-order valence-electron chi connectivity index (χ2n) is 2.97. The largest absolute Gasteiger partial charge is 0.366 e. The number of amides is 1. The van der Waals surface area contributed by atoms with Crippen LogP contribution in [0.4, 0.5) is 0 Å². The Kier molecular flexibility index (Phi) is 3.23. The number of primary amides is 1. The number of nitrogens with two attached hydrogens (primary N) is 1. The lowest BCUT2D eigenvalue weighted by Crippen LogP contribution is -2.15. The highest BCUT2D eigenvalue weighted by Crippen LogP contribution is 2.12. The molecule has 0 radical (unpaired) electrons. The van der Waals surface area contributed by atoms with Crippen molar-refractivity contribution in [3.05, 3.63) is 39.9 Å². The quantitative estimate of drug-likeness (QED) is 0.580. The smallest absolute Gasteiger partial charge is 0.305 e. The molecule has 0 aromatic heterocycles. The van der Waals surface area contributed by atoms with Crippen molar-refractivity contribution in [2.45, 2.75) is 4.90 Å². The van der Waals surface area contributed by atoms with Crippen LogP contribution < -0.4 is 5.73 Å². The van der Waals surface area contributed by atoms with E-state index in [4.69, 9.17) is 5.73 Å². The SMILES string of the molecule is NC(=O)c1ccc(S(=O)(=O)C[N+](=O)[O-])cc1. The van der Waals surface area contributed by atoms with E-state index < -0.39 is 26.5 Å². The maximum absolute atomic E-state index is 11.4. The van der Waals surface area contributed by atoms with Crippen molar-refractivity contribution in [2.24, 2.45) is 5.73 Å². The molecule has 8 heteroatoms. The number of carbonyl (C=O) groups excluding carboxylic acids is 1. The zero-order valence-electron chi connectivity index (χ0n) is 7.99. The lowest BCUT2D eigenvalue weighted by Gasteiger charge is -2.00. The first-order chi connectivity index (χ1) is 7.33. The van der Waals surface area contributed by atoms with E-state index in [-0.39, 0.29) is 10.5 Å². The summed E-state index contributed by atoms with van der Waals surface area (Å²) in [7, 11) is -3.95. The summed E-state index contributed by atoms with van der Waals surface area (Å²) in [6.45, 7) is 0. The van der Waals surface area contributed by atoms with Crippen molar-refractivity contribution < 1.29 is 18.1 Å². The first-order valence-electron chi connectivity index (χ1n) is 4.07. The van der Waals surface area contributed by atoms with E-state index in [1.165, 1.54) is 12.1 Å². The third kappa shape index (κ3) is 2.76. The minimum atomic E-state index is -3.95. The van der Waals surface area contributed by atoms with Crippen LogP contribution in [0.5, 0.6) is 0 Å². The molecule has 0 aliphatic rings. The fraction of sp³-hybridized carbons (Fsp3) is 0.125. The molecule has 1 rings (SSSR count). The van der Waals surface area contributed by atoms with Crippen molar-refractivity contribution >= 4 is 15.7 Å².